The third-order valence-corrected chi connectivity index (χ3v) is 6.33. The van der Waals surface area contributed by atoms with Gasteiger partial charge in [0.1, 0.15) is 0 Å². The third kappa shape index (κ3) is 6.82. The van der Waals surface area contributed by atoms with Gasteiger partial charge in [-0.25, -0.2) is 0 Å². The summed E-state index contributed by atoms with van der Waals surface area (Å²) in [5, 5.41) is 11.5. The topological polar surface area (TPSA) is 57.5 Å². The number of hydrogen-bond acceptors (Lipinski definition) is 3. The Bertz CT molecular complexity index is 861. The van der Waals surface area contributed by atoms with E-state index in [1.54, 1.807) is 0 Å². The Balaban J connectivity index is 1.52. The summed E-state index contributed by atoms with van der Waals surface area (Å²) < 4.78 is 1.96. The molecule has 0 aliphatic carbocycles. The van der Waals surface area contributed by atoms with Gasteiger partial charge in [0.05, 0.1) is 5.69 Å². The van der Waals surface area contributed by atoms with Gasteiger partial charge in [0.2, 0.25) is 0 Å². The van der Waals surface area contributed by atoms with Crippen molar-refractivity contribution in [2.24, 2.45) is 12.0 Å². The van der Waals surface area contributed by atoms with Gasteiger partial charge >= 0.3 is 0 Å². The van der Waals surface area contributed by atoms with Gasteiger partial charge in [-0.1, -0.05) is 37.1 Å². The van der Waals surface area contributed by atoms with E-state index in [2.05, 4.69) is 70.7 Å². The van der Waals surface area contributed by atoms with Crippen molar-refractivity contribution < 1.29 is 0 Å². The van der Waals surface area contributed by atoms with Crippen LogP contribution in [0.3, 0.4) is 0 Å². The fourth-order valence-corrected chi connectivity index (χ4v) is 4.47. The minimum Gasteiger partial charge on any atom is -0.354 e. The zero-order chi connectivity index (χ0) is 22.2. The number of aryl methyl sites for hydroxylation is 2. The highest BCUT2D eigenvalue weighted by atomic mass is 15.3. The van der Waals surface area contributed by atoms with Gasteiger partial charge in [0.15, 0.2) is 5.96 Å². The molecule has 1 saturated heterocycles. The van der Waals surface area contributed by atoms with Crippen LogP contribution >= 0.6 is 0 Å². The molecular weight excluding hydrogens is 384 g/mol. The zero-order valence-corrected chi connectivity index (χ0v) is 20.0. The minimum absolute atomic E-state index is 0.266. The van der Waals surface area contributed by atoms with Crippen LogP contribution in [0, 0.1) is 13.8 Å². The van der Waals surface area contributed by atoms with E-state index in [-0.39, 0.29) is 6.04 Å². The molecule has 1 aromatic heterocycles. The van der Waals surface area contributed by atoms with E-state index in [9.17, 15) is 0 Å². The summed E-state index contributed by atoms with van der Waals surface area (Å²) in [6.07, 6.45) is 6.35. The van der Waals surface area contributed by atoms with E-state index in [0.29, 0.717) is 0 Å². The minimum atomic E-state index is 0.266. The van der Waals surface area contributed by atoms with Crippen LogP contribution in [0.25, 0.3) is 0 Å². The maximum atomic E-state index is 4.53. The van der Waals surface area contributed by atoms with Crippen molar-refractivity contribution in [1.29, 1.82) is 0 Å². The molecule has 0 saturated carbocycles. The SMILES string of the molecule is CN=C(NCc1cccc(CN2CCCCCC2)c1)NC(C)Cc1c(C)nn(C)c1C. The Labute approximate surface area is 188 Å². The van der Waals surface area contributed by atoms with Crippen molar-refractivity contribution >= 4 is 5.96 Å². The van der Waals surface area contributed by atoms with Crippen molar-refractivity contribution in [2.75, 3.05) is 20.1 Å². The van der Waals surface area contributed by atoms with Crippen LogP contribution in [-0.4, -0.2) is 46.8 Å². The molecule has 1 atom stereocenters. The molecule has 6 heteroatoms. The lowest BCUT2D eigenvalue weighted by atomic mass is 10.1. The second-order valence-corrected chi connectivity index (χ2v) is 8.96. The molecule has 2 N–H and O–H groups in total. The van der Waals surface area contributed by atoms with Crippen LogP contribution in [0.15, 0.2) is 29.3 Å². The van der Waals surface area contributed by atoms with Gasteiger partial charge < -0.3 is 10.6 Å². The highest BCUT2D eigenvalue weighted by Gasteiger charge is 2.14. The molecule has 1 unspecified atom stereocenters. The normalized spacial score (nSPS) is 16.7. The van der Waals surface area contributed by atoms with E-state index in [1.807, 2.05) is 18.8 Å². The largest absolute Gasteiger partial charge is 0.354 e. The first-order valence-electron chi connectivity index (χ1n) is 11.7. The molecule has 1 aromatic carbocycles. The molecule has 170 valence electrons. The van der Waals surface area contributed by atoms with Gasteiger partial charge in [0.25, 0.3) is 0 Å². The van der Waals surface area contributed by atoms with Crippen molar-refractivity contribution in [3.05, 3.63) is 52.3 Å². The summed E-state index contributed by atoms with van der Waals surface area (Å²) >= 11 is 0. The number of nitrogens with zero attached hydrogens (tertiary/aromatic N) is 4. The highest BCUT2D eigenvalue weighted by molar-refractivity contribution is 5.79. The number of guanidine groups is 1. The standard InChI is InChI=1S/C25H40N6/c1-19(15-24-20(2)29-30(5)21(24)3)28-25(26-4)27-17-22-11-10-12-23(16-22)18-31-13-8-6-7-9-14-31/h10-12,16,19H,6-9,13-15,17-18H2,1-5H3,(H2,26,27,28). The van der Waals surface area contributed by atoms with E-state index in [4.69, 9.17) is 0 Å². The molecule has 1 aliphatic heterocycles. The Morgan fingerprint density at radius 3 is 2.48 bits per heavy atom. The summed E-state index contributed by atoms with van der Waals surface area (Å²) in [6.45, 7) is 10.7. The lowest BCUT2D eigenvalue weighted by molar-refractivity contribution is 0.277. The second kappa shape index (κ2) is 11.3. The number of hydrogen-bond donors (Lipinski definition) is 2. The quantitative estimate of drug-likeness (QED) is 0.526. The van der Waals surface area contributed by atoms with Crippen LogP contribution in [0.5, 0.6) is 0 Å². The van der Waals surface area contributed by atoms with Crippen molar-refractivity contribution in [3.63, 3.8) is 0 Å². The molecule has 1 fully saturated rings. The molecule has 0 amide bonds. The molecule has 0 spiro atoms. The van der Waals surface area contributed by atoms with Crippen molar-refractivity contribution in [1.82, 2.24) is 25.3 Å². The summed E-state index contributed by atoms with van der Waals surface area (Å²) in [5.41, 5.74) is 6.36. The van der Waals surface area contributed by atoms with Gasteiger partial charge in [0, 0.05) is 38.9 Å². The van der Waals surface area contributed by atoms with E-state index in [0.717, 1.165) is 31.2 Å². The maximum Gasteiger partial charge on any atom is 0.191 e. The number of benzene rings is 1. The van der Waals surface area contributed by atoms with Gasteiger partial charge in [-0.3, -0.25) is 14.6 Å². The lowest BCUT2D eigenvalue weighted by Crippen LogP contribution is -2.42. The Hall–Kier alpha value is -2.34. The third-order valence-electron chi connectivity index (χ3n) is 6.33. The smallest absolute Gasteiger partial charge is 0.191 e. The number of likely N-dealkylation sites (tertiary alicyclic amines) is 1. The van der Waals surface area contributed by atoms with E-state index in [1.165, 1.54) is 61.2 Å². The van der Waals surface area contributed by atoms with Crippen LogP contribution in [-0.2, 0) is 26.6 Å². The van der Waals surface area contributed by atoms with Gasteiger partial charge in [-0.2, -0.15) is 5.10 Å². The van der Waals surface area contributed by atoms with Crippen LogP contribution in [0.2, 0.25) is 0 Å². The molecule has 1 aliphatic rings. The summed E-state index contributed by atoms with van der Waals surface area (Å²) in [4.78, 5) is 7.03. The number of rotatable bonds is 7. The summed E-state index contributed by atoms with van der Waals surface area (Å²) in [6, 6.07) is 9.22. The van der Waals surface area contributed by atoms with Crippen molar-refractivity contribution in [3.8, 4) is 0 Å². The monoisotopic (exact) mass is 424 g/mol. The molecule has 6 nitrogen and oxygen atoms in total. The first kappa shape index (κ1) is 23.3. The summed E-state index contributed by atoms with van der Waals surface area (Å²) in [5.74, 6) is 0.838. The molecule has 31 heavy (non-hydrogen) atoms. The Morgan fingerprint density at radius 1 is 1.13 bits per heavy atom. The average molecular weight is 425 g/mol. The number of aliphatic imine (C=N–C) groups is 1. The fraction of sp³-hybridized carbons (Fsp3) is 0.600. The lowest BCUT2D eigenvalue weighted by Gasteiger charge is -2.20. The average Bonchev–Trinajstić information content (AvgIpc) is 2.94. The summed E-state index contributed by atoms with van der Waals surface area (Å²) in [7, 11) is 3.84. The van der Waals surface area contributed by atoms with E-state index < -0.39 is 0 Å². The first-order chi connectivity index (χ1) is 15.0. The molecular formula is C25H40N6. The Kier molecular flexibility index (Phi) is 8.52. The van der Waals surface area contributed by atoms with Gasteiger partial charge in [-0.05, 0) is 69.8 Å². The van der Waals surface area contributed by atoms with Gasteiger partial charge in [-0.15, -0.1) is 0 Å². The van der Waals surface area contributed by atoms with Crippen LogP contribution < -0.4 is 10.6 Å². The predicted octanol–water partition coefficient (Wildman–Crippen LogP) is 3.71. The van der Waals surface area contributed by atoms with E-state index >= 15 is 0 Å². The predicted molar refractivity (Wildman–Crippen MR) is 129 cm³/mol. The molecule has 0 radical (unpaired) electrons. The highest BCUT2D eigenvalue weighted by Crippen LogP contribution is 2.15. The second-order valence-electron chi connectivity index (χ2n) is 8.96. The molecule has 0 bridgehead atoms. The molecule has 2 heterocycles. The molecule has 3 rings (SSSR count). The van der Waals surface area contributed by atoms with Crippen molar-refractivity contribution in [2.45, 2.75) is 72.0 Å². The number of aromatic nitrogens is 2. The van der Waals surface area contributed by atoms with Crippen LogP contribution in [0.4, 0.5) is 0 Å². The first-order valence-corrected chi connectivity index (χ1v) is 11.7. The molecule has 2 aromatic rings. The zero-order valence-electron chi connectivity index (χ0n) is 20.0. The Morgan fingerprint density at radius 2 is 1.84 bits per heavy atom. The number of nitrogens with one attached hydrogen (secondary N) is 2. The fourth-order valence-electron chi connectivity index (χ4n) is 4.47. The van der Waals surface area contributed by atoms with Crippen LogP contribution in [0.1, 0.15) is 60.7 Å². The maximum absolute atomic E-state index is 4.53.